The van der Waals surface area contributed by atoms with E-state index in [-0.39, 0.29) is 23.3 Å². The van der Waals surface area contributed by atoms with Gasteiger partial charge in [-0.05, 0) is 68.4 Å². The highest BCUT2D eigenvalue weighted by Crippen LogP contribution is 2.45. The molecule has 9 nitrogen and oxygen atoms in total. The number of rotatable bonds is 10. The maximum atomic E-state index is 13.7. The highest BCUT2D eigenvalue weighted by Gasteiger charge is 2.35. The number of carbonyl (C=O) groups excluding carboxylic acids is 1. The van der Waals surface area contributed by atoms with E-state index in [2.05, 4.69) is 17.2 Å². The summed E-state index contributed by atoms with van der Waals surface area (Å²) in [5, 5.41) is 13.6. The number of para-hydroxylation sites is 1. The number of hydrogen-bond donors (Lipinski definition) is 1. The molecular weight excluding hydrogens is 495 g/mol. The number of esters is 1. The van der Waals surface area contributed by atoms with E-state index >= 15 is 0 Å². The molecule has 2 atom stereocenters. The monoisotopic (exact) mass is 524 g/mol. The minimum absolute atomic E-state index is 0.0807. The number of nitrogens with one attached hydrogen (secondary N) is 1. The highest BCUT2D eigenvalue weighted by atomic mass is 31.2. The zero-order valence-electron chi connectivity index (χ0n) is 20.4. The zero-order chi connectivity index (χ0) is 26.3. The van der Waals surface area contributed by atoms with Crippen LogP contribution in [-0.4, -0.2) is 23.0 Å². The summed E-state index contributed by atoms with van der Waals surface area (Å²) in [7, 11) is -4.14. The summed E-state index contributed by atoms with van der Waals surface area (Å²) in [6.45, 7) is 1.53. The van der Waals surface area contributed by atoms with Crippen LogP contribution in [0.3, 0.4) is 0 Å². The molecule has 1 aliphatic carbocycles. The van der Waals surface area contributed by atoms with Crippen molar-refractivity contribution in [2.75, 3.05) is 0 Å². The zero-order valence-corrected chi connectivity index (χ0v) is 21.3. The van der Waals surface area contributed by atoms with Gasteiger partial charge < -0.3 is 13.8 Å². The number of hydrogen-bond acceptors (Lipinski definition) is 7. The van der Waals surface area contributed by atoms with E-state index in [1.807, 2.05) is 18.2 Å². The summed E-state index contributed by atoms with van der Waals surface area (Å²) in [4.78, 5) is 23.3. The molecule has 3 aromatic rings. The fourth-order valence-electron chi connectivity index (χ4n) is 4.25. The lowest BCUT2D eigenvalue weighted by Gasteiger charge is -2.30. The van der Waals surface area contributed by atoms with Crippen LogP contribution in [-0.2, 0) is 14.1 Å². The molecule has 3 aromatic carbocycles. The van der Waals surface area contributed by atoms with Gasteiger partial charge in [0.2, 0.25) is 0 Å². The average Bonchev–Trinajstić information content (AvgIpc) is 2.90. The van der Waals surface area contributed by atoms with E-state index < -0.39 is 24.7 Å². The molecule has 1 unspecified atom stereocenters. The number of non-ortho nitro benzene ring substituents is 1. The van der Waals surface area contributed by atoms with Crippen molar-refractivity contribution in [2.45, 2.75) is 50.7 Å². The van der Waals surface area contributed by atoms with E-state index in [1.165, 1.54) is 36.8 Å². The molecule has 10 heteroatoms. The van der Waals surface area contributed by atoms with E-state index in [1.54, 1.807) is 30.3 Å². The fraction of sp³-hybridized carbons (Fsp3) is 0.296. The van der Waals surface area contributed by atoms with E-state index in [9.17, 15) is 19.5 Å². The average molecular weight is 525 g/mol. The van der Waals surface area contributed by atoms with Crippen LogP contribution in [0.15, 0.2) is 84.9 Å². The Hall–Kier alpha value is -3.68. The van der Waals surface area contributed by atoms with Crippen LogP contribution >= 0.6 is 7.75 Å². The number of ether oxygens (including phenoxy) is 1. The predicted octanol–water partition coefficient (Wildman–Crippen LogP) is 6.41. The van der Waals surface area contributed by atoms with E-state index in [0.717, 1.165) is 25.7 Å². The van der Waals surface area contributed by atoms with Crippen molar-refractivity contribution in [1.82, 2.24) is 5.09 Å². The first-order valence-corrected chi connectivity index (χ1v) is 13.7. The van der Waals surface area contributed by atoms with Gasteiger partial charge in [-0.2, -0.15) is 5.09 Å². The van der Waals surface area contributed by atoms with Gasteiger partial charge in [0.15, 0.2) is 0 Å². The minimum atomic E-state index is -4.14. The van der Waals surface area contributed by atoms with Crippen LogP contribution in [0.5, 0.6) is 11.5 Å². The molecule has 0 aromatic heterocycles. The molecule has 0 aliphatic heterocycles. The summed E-state index contributed by atoms with van der Waals surface area (Å²) >= 11 is 0. The van der Waals surface area contributed by atoms with Gasteiger partial charge in [0, 0.05) is 12.1 Å². The van der Waals surface area contributed by atoms with Gasteiger partial charge in [0.25, 0.3) is 5.69 Å². The van der Waals surface area contributed by atoms with Crippen LogP contribution < -0.4 is 14.1 Å². The Morgan fingerprint density at radius 3 is 2.00 bits per heavy atom. The third-order valence-corrected chi connectivity index (χ3v) is 7.78. The molecule has 0 spiro atoms. The Labute approximate surface area is 215 Å². The molecule has 1 fully saturated rings. The Morgan fingerprint density at radius 1 is 0.892 bits per heavy atom. The van der Waals surface area contributed by atoms with Gasteiger partial charge in [-0.25, -0.2) is 4.57 Å². The number of benzene rings is 3. The normalized spacial score (nSPS) is 19.7. The molecule has 0 bridgehead atoms. The Morgan fingerprint density at radius 2 is 1.43 bits per heavy atom. The van der Waals surface area contributed by atoms with Gasteiger partial charge >= 0.3 is 13.7 Å². The maximum absolute atomic E-state index is 13.7. The van der Waals surface area contributed by atoms with Gasteiger partial charge in [-0.1, -0.05) is 48.5 Å². The quantitative estimate of drug-likeness (QED) is 0.140. The maximum Gasteiger partial charge on any atom is 0.513 e. The summed E-state index contributed by atoms with van der Waals surface area (Å²) in [6, 6.07) is 22.8. The number of nitro benzene ring substituents is 1. The summed E-state index contributed by atoms with van der Waals surface area (Å²) in [5.74, 6) is 0.228. The topological polar surface area (TPSA) is 117 Å². The van der Waals surface area contributed by atoms with Crippen molar-refractivity contribution in [3.05, 3.63) is 101 Å². The predicted molar refractivity (Wildman–Crippen MR) is 139 cm³/mol. The van der Waals surface area contributed by atoms with Crippen molar-refractivity contribution < 1.29 is 28.1 Å². The third kappa shape index (κ3) is 7.41. The molecule has 0 saturated heterocycles. The lowest BCUT2D eigenvalue weighted by Crippen LogP contribution is -2.38. The van der Waals surface area contributed by atoms with Crippen molar-refractivity contribution in [3.63, 3.8) is 0 Å². The standard InChI is InChI=1S/C27H29N2O7P/c1-20(27(30)34-24-16-12-22(13-17-24)21-8-4-2-5-9-21)28-37(33,35-25-10-6-3-7-11-25)36-26-18-14-23(15-19-26)29(31)32/h2-11,14-15,18-20,22,24H,12-13,16-17H2,1H3,(H,28,33)/t20-,22-,24-,37?/m0/s1. The van der Waals surface area contributed by atoms with Crippen molar-refractivity contribution in [1.29, 1.82) is 0 Å². The highest BCUT2D eigenvalue weighted by molar-refractivity contribution is 7.52. The second kappa shape index (κ2) is 12.0. The van der Waals surface area contributed by atoms with Gasteiger partial charge in [-0.15, -0.1) is 0 Å². The third-order valence-electron chi connectivity index (χ3n) is 6.18. The van der Waals surface area contributed by atoms with Gasteiger partial charge in [0.05, 0.1) is 4.92 Å². The molecule has 37 heavy (non-hydrogen) atoms. The molecule has 0 heterocycles. The first kappa shape index (κ1) is 26.4. The van der Waals surface area contributed by atoms with Gasteiger partial charge in [0.1, 0.15) is 23.6 Å². The molecule has 194 valence electrons. The first-order chi connectivity index (χ1) is 17.8. The van der Waals surface area contributed by atoms with E-state index in [0.29, 0.717) is 5.92 Å². The summed E-state index contributed by atoms with van der Waals surface area (Å²) in [6.07, 6.45) is 3.11. The number of nitro groups is 1. The lowest BCUT2D eigenvalue weighted by molar-refractivity contribution is -0.384. The molecule has 1 saturated carbocycles. The Kier molecular flexibility index (Phi) is 8.58. The molecule has 4 rings (SSSR count). The molecular formula is C27H29N2O7P. The van der Waals surface area contributed by atoms with E-state index in [4.69, 9.17) is 13.8 Å². The van der Waals surface area contributed by atoms with Crippen LogP contribution in [0.2, 0.25) is 0 Å². The second-order valence-corrected chi connectivity index (χ2v) is 10.5. The fourth-order valence-corrected chi connectivity index (χ4v) is 5.78. The van der Waals surface area contributed by atoms with Crippen LogP contribution in [0.25, 0.3) is 0 Å². The van der Waals surface area contributed by atoms with Crippen LogP contribution in [0.1, 0.15) is 44.1 Å². The van der Waals surface area contributed by atoms with Crippen molar-refractivity contribution in [2.24, 2.45) is 0 Å². The second-order valence-electron chi connectivity index (χ2n) is 8.92. The van der Waals surface area contributed by atoms with Crippen LogP contribution in [0, 0.1) is 10.1 Å². The molecule has 1 N–H and O–H groups in total. The SMILES string of the molecule is C[C@H](NP(=O)(Oc1ccccc1)Oc1ccc([N+](=O)[O-])cc1)C(=O)O[C@H]1CC[C@H](c2ccccc2)CC1. The summed E-state index contributed by atoms with van der Waals surface area (Å²) in [5.41, 5.74) is 1.16. The largest absolute Gasteiger partial charge is 0.513 e. The Bertz CT molecular complexity index is 1230. The number of carbonyl (C=O) groups is 1. The number of nitrogens with zero attached hydrogens (tertiary/aromatic N) is 1. The van der Waals surface area contributed by atoms with Crippen LogP contribution in [0.4, 0.5) is 5.69 Å². The molecule has 0 radical (unpaired) electrons. The Balaban J connectivity index is 1.39. The summed E-state index contributed by atoms with van der Waals surface area (Å²) < 4.78 is 30.6. The lowest BCUT2D eigenvalue weighted by atomic mass is 9.83. The smallest absolute Gasteiger partial charge is 0.461 e. The van der Waals surface area contributed by atoms with Gasteiger partial charge in [-0.3, -0.25) is 14.9 Å². The van der Waals surface area contributed by atoms with Crippen molar-refractivity contribution in [3.8, 4) is 11.5 Å². The molecule has 1 aliphatic rings. The molecule has 0 amide bonds. The minimum Gasteiger partial charge on any atom is -0.461 e. The first-order valence-electron chi connectivity index (χ1n) is 12.1. The van der Waals surface area contributed by atoms with Crippen molar-refractivity contribution >= 4 is 19.4 Å².